The van der Waals surface area contributed by atoms with E-state index in [0.717, 1.165) is 0 Å². The molecule has 140 valence electrons. The molecule has 0 aliphatic carbocycles. The highest BCUT2D eigenvalue weighted by Gasteiger charge is 2.37. The first-order valence-corrected chi connectivity index (χ1v) is 8.29. The highest BCUT2D eigenvalue weighted by Crippen LogP contribution is 2.27. The first kappa shape index (κ1) is 19.4. The van der Waals surface area contributed by atoms with Crippen LogP contribution in [0.4, 0.5) is 19.1 Å². The molecule has 25 heavy (non-hydrogen) atoms. The van der Waals surface area contributed by atoms with Crippen molar-refractivity contribution in [2.75, 3.05) is 32.0 Å². The van der Waals surface area contributed by atoms with Crippen molar-refractivity contribution in [3.8, 4) is 0 Å². The van der Waals surface area contributed by atoms with Crippen LogP contribution in [-0.4, -0.2) is 59.7 Å². The standard InChI is InChI=1S/C16H24F3N5O/c1-10(2)12-8-24(5-4-16(17,18)19)9-13(12)23-14(25)11-6-21-15(20-3)22-7-11/h6-7,10,12-13H,4-5,8-9H2,1-3H3,(H,23,25)(H,20,21,22)/t12-,13+/m1/s1. The van der Waals surface area contributed by atoms with Crippen molar-refractivity contribution in [2.24, 2.45) is 11.8 Å². The Kier molecular flexibility index (Phi) is 6.21. The number of carbonyl (C=O) groups is 1. The van der Waals surface area contributed by atoms with Crippen LogP contribution in [0.15, 0.2) is 12.4 Å². The molecule has 1 aliphatic rings. The normalized spacial score (nSPS) is 21.6. The number of halogens is 3. The third-order valence-electron chi connectivity index (χ3n) is 4.46. The molecule has 0 radical (unpaired) electrons. The molecule has 2 rings (SSSR count). The molecular weight excluding hydrogens is 335 g/mol. The van der Waals surface area contributed by atoms with Gasteiger partial charge < -0.3 is 15.5 Å². The number of anilines is 1. The quantitative estimate of drug-likeness (QED) is 0.815. The number of nitrogens with one attached hydrogen (secondary N) is 2. The Morgan fingerprint density at radius 1 is 1.32 bits per heavy atom. The molecule has 2 heterocycles. The first-order chi connectivity index (χ1) is 11.7. The Labute approximate surface area is 145 Å². The van der Waals surface area contributed by atoms with Crippen molar-refractivity contribution in [1.29, 1.82) is 0 Å². The number of rotatable bonds is 6. The number of likely N-dealkylation sites (tertiary alicyclic amines) is 1. The average molecular weight is 359 g/mol. The van der Waals surface area contributed by atoms with Crippen LogP contribution in [0.25, 0.3) is 0 Å². The maximum absolute atomic E-state index is 12.4. The van der Waals surface area contributed by atoms with E-state index in [9.17, 15) is 18.0 Å². The van der Waals surface area contributed by atoms with E-state index < -0.39 is 12.6 Å². The lowest BCUT2D eigenvalue weighted by Gasteiger charge is -2.22. The van der Waals surface area contributed by atoms with Crippen molar-refractivity contribution in [3.05, 3.63) is 18.0 Å². The van der Waals surface area contributed by atoms with Crippen LogP contribution in [0.3, 0.4) is 0 Å². The van der Waals surface area contributed by atoms with E-state index in [2.05, 4.69) is 20.6 Å². The van der Waals surface area contributed by atoms with Crippen molar-refractivity contribution in [3.63, 3.8) is 0 Å². The Morgan fingerprint density at radius 3 is 2.48 bits per heavy atom. The number of alkyl halides is 3. The second kappa shape index (κ2) is 7.99. The molecular formula is C16H24F3N5O. The number of carbonyl (C=O) groups excluding carboxylic acids is 1. The summed E-state index contributed by atoms with van der Waals surface area (Å²) in [5, 5.41) is 5.70. The average Bonchev–Trinajstić information content (AvgIpc) is 2.95. The Balaban J connectivity index is 1.98. The van der Waals surface area contributed by atoms with E-state index in [4.69, 9.17) is 0 Å². The molecule has 0 bridgehead atoms. The molecule has 9 heteroatoms. The van der Waals surface area contributed by atoms with Crippen molar-refractivity contribution in [2.45, 2.75) is 32.5 Å². The lowest BCUT2D eigenvalue weighted by atomic mass is 9.91. The molecule has 0 saturated carbocycles. The number of nitrogens with zero attached hydrogens (tertiary/aromatic N) is 3. The van der Waals surface area contributed by atoms with E-state index in [-0.39, 0.29) is 30.3 Å². The summed E-state index contributed by atoms with van der Waals surface area (Å²) in [6.45, 7) is 4.96. The van der Waals surface area contributed by atoms with Crippen molar-refractivity contribution < 1.29 is 18.0 Å². The summed E-state index contributed by atoms with van der Waals surface area (Å²) >= 11 is 0. The van der Waals surface area contributed by atoms with E-state index in [1.807, 2.05) is 13.8 Å². The minimum Gasteiger partial charge on any atom is -0.357 e. The Hall–Kier alpha value is -1.90. The monoisotopic (exact) mass is 359 g/mol. The van der Waals surface area contributed by atoms with Gasteiger partial charge in [0.15, 0.2) is 0 Å². The van der Waals surface area contributed by atoms with Crippen LogP contribution in [0.1, 0.15) is 30.6 Å². The molecule has 1 amide bonds. The van der Waals surface area contributed by atoms with Gasteiger partial charge in [-0.25, -0.2) is 9.97 Å². The van der Waals surface area contributed by atoms with Gasteiger partial charge >= 0.3 is 6.18 Å². The third-order valence-corrected chi connectivity index (χ3v) is 4.46. The van der Waals surface area contributed by atoms with Gasteiger partial charge in [-0.1, -0.05) is 13.8 Å². The third kappa shape index (κ3) is 5.55. The number of amides is 1. The summed E-state index contributed by atoms with van der Waals surface area (Å²) in [5.74, 6) is 0.463. The summed E-state index contributed by atoms with van der Waals surface area (Å²) in [4.78, 5) is 22.1. The van der Waals surface area contributed by atoms with Gasteiger partial charge in [-0.05, 0) is 11.8 Å². The van der Waals surface area contributed by atoms with Crippen molar-refractivity contribution in [1.82, 2.24) is 20.2 Å². The smallest absolute Gasteiger partial charge is 0.357 e. The summed E-state index contributed by atoms with van der Waals surface area (Å²) in [5.41, 5.74) is 0.329. The second-order valence-corrected chi connectivity index (χ2v) is 6.66. The van der Waals surface area contributed by atoms with Crippen LogP contribution in [-0.2, 0) is 0 Å². The van der Waals surface area contributed by atoms with Crippen LogP contribution >= 0.6 is 0 Å². The molecule has 0 spiro atoms. The van der Waals surface area contributed by atoms with Gasteiger partial charge in [-0.3, -0.25) is 4.79 Å². The van der Waals surface area contributed by atoms with Crippen LogP contribution in [0, 0.1) is 11.8 Å². The first-order valence-electron chi connectivity index (χ1n) is 8.29. The minimum absolute atomic E-state index is 0.0426. The topological polar surface area (TPSA) is 70.2 Å². The highest BCUT2D eigenvalue weighted by molar-refractivity contribution is 5.93. The molecule has 1 aliphatic heterocycles. The van der Waals surface area contributed by atoms with Crippen LogP contribution in [0.5, 0.6) is 0 Å². The fraction of sp³-hybridized carbons (Fsp3) is 0.688. The predicted octanol–water partition coefficient (Wildman–Crippen LogP) is 2.16. The minimum atomic E-state index is -4.17. The summed E-state index contributed by atoms with van der Waals surface area (Å²) in [6.07, 6.45) is -2.15. The van der Waals surface area contributed by atoms with Gasteiger partial charge in [0, 0.05) is 45.1 Å². The fourth-order valence-corrected chi connectivity index (χ4v) is 3.04. The van der Waals surface area contributed by atoms with E-state index in [0.29, 0.717) is 24.6 Å². The highest BCUT2D eigenvalue weighted by atomic mass is 19.4. The lowest BCUT2D eigenvalue weighted by molar-refractivity contribution is -0.137. The van der Waals surface area contributed by atoms with Gasteiger partial charge in [-0.2, -0.15) is 13.2 Å². The molecule has 0 aromatic carbocycles. The maximum atomic E-state index is 12.4. The van der Waals surface area contributed by atoms with Crippen molar-refractivity contribution >= 4 is 11.9 Å². The lowest BCUT2D eigenvalue weighted by Crippen LogP contribution is -2.42. The molecule has 2 N–H and O–H groups in total. The van der Waals surface area contributed by atoms with E-state index in [1.54, 1.807) is 11.9 Å². The zero-order valence-electron chi connectivity index (χ0n) is 14.6. The fourth-order valence-electron chi connectivity index (χ4n) is 3.04. The summed E-state index contributed by atoms with van der Waals surface area (Å²) in [6, 6.07) is -0.190. The van der Waals surface area contributed by atoms with Gasteiger partial charge in [-0.15, -0.1) is 0 Å². The summed E-state index contributed by atoms with van der Waals surface area (Å²) < 4.78 is 37.3. The molecule has 0 unspecified atom stereocenters. The Morgan fingerprint density at radius 2 is 1.96 bits per heavy atom. The molecule has 1 fully saturated rings. The maximum Gasteiger partial charge on any atom is 0.390 e. The number of hydrogen-bond donors (Lipinski definition) is 2. The molecule has 2 atom stereocenters. The SMILES string of the molecule is CNc1ncc(C(=O)N[C@H]2CN(CCC(F)(F)F)C[C@@H]2C(C)C)cn1. The van der Waals surface area contributed by atoms with Gasteiger partial charge in [0.2, 0.25) is 5.95 Å². The zero-order chi connectivity index (χ0) is 18.6. The van der Waals surface area contributed by atoms with Crippen LogP contribution < -0.4 is 10.6 Å². The second-order valence-electron chi connectivity index (χ2n) is 6.66. The predicted molar refractivity (Wildman–Crippen MR) is 88.3 cm³/mol. The van der Waals surface area contributed by atoms with Gasteiger partial charge in [0.05, 0.1) is 12.0 Å². The zero-order valence-corrected chi connectivity index (χ0v) is 14.6. The van der Waals surface area contributed by atoms with Gasteiger partial charge in [0.25, 0.3) is 5.91 Å². The van der Waals surface area contributed by atoms with Gasteiger partial charge in [0.1, 0.15) is 0 Å². The summed E-state index contributed by atoms with van der Waals surface area (Å²) in [7, 11) is 1.68. The molecule has 1 saturated heterocycles. The molecule has 1 aromatic rings. The molecule has 1 aromatic heterocycles. The largest absolute Gasteiger partial charge is 0.390 e. The molecule has 6 nitrogen and oxygen atoms in total. The van der Waals surface area contributed by atoms with Crippen LogP contribution in [0.2, 0.25) is 0 Å². The number of hydrogen-bond acceptors (Lipinski definition) is 5. The van der Waals surface area contributed by atoms with E-state index in [1.165, 1.54) is 12.4 Å². The Bertz CT molecular complexity index is 576. The number of aromatic nitrogens is 2. The van der Waals surface area contributed by atoms with E-state index >= 15 is 0 Å².